The van der Waals surface area contributed by atoms with Crippen molar-refractivity contribution < 1.29 is 43.9 Å². The largest absolute Gasteiger partial charge is 0.459 e. The van der Waals surface area contributed by atoms with E-state index in [0.29, 0.717) is 0 Å². The lowest BCUT2D eigenvalue weighted by Gasteiger charge is -2.27. The Morgan fingerprint density at radius 1 is 0.906 bits per heavy atom. The Kier molecular flexibility index (Phi) is 4.47. The summed E-state index contributed by atoms with van der Waals surface area (Å²) in [7, 11) is 0. The molecule has 0 spiro atoms. The highest BCUT2D eigenvalue weighted by atomic mass is 19.4. The molecule has 0 fully saturated rings. The summed E-state index contributed by atoms with van der Waals surface area (Å²) in [5.41, 5.74) is -8.88. The van der Waals surface area contributed by atoms with Crippen molar-refractivity contribution in [2.24, 2.45) is 0 Å². The van der Waals surface area contributed by atoms with E-state index in [0.717, 1.165) is 29.1 Å². The summed E-state index contributed by atoms with van der Waals surface area (Å²) in [5, 5.41) is 6.29. The molecule has 4 aromatic rings. The molecule has 4 heterocycles. The third-order valence-corrected chi connectivity index (χ3v) is 4.69. The highest BCUT2D eigenvalue weighted by Crippen LogP contribution is 2.48. The molecule has 1 atom stereocenters. The van der Waals surface area contributed by atoms with Crippen molar-refractivity contribution in [1.29, 1.82) is 0 Å². The van der Waals surface area contributed by atoms with Gasteiger partial charge < -0.3 is 4.42 Å². The van der Waals surface area contributed by atoms with Crippen LogP contribution in [-0.4, -0.2) is 36.9 Å². The fourth-order valence-corrected chi connectivity index (χ4v) is 2.96. The molecular weight excluding hydrogens is 461 g/mol. The molecule has 6 nitrogen and oxygen atoms in total. The first-order valence-electron chi connectivity index (χ1n) is 8.45. The van der Waals surface area contributed by atoms with Gasteiger partial charge in [-0.15, -0.1) is 10.2 Å². The van der Waals surface area contributed by atoms with Crippen LogP contribution >= 0.6 is 0 Å². The van der Waals surface area contributed by atoms with Crippen LogP contribution in [0.3, 0.4) is 0 Å². The minimum absolute atomic E-state index is 0.0132. The number of rotatable bonds is 3. The second-order valence-corrected chi connectivity index (χ2v) is 6.80. The van der Waals surface area contributed by atoms with E-state index < -0.39 is 46.2 Å². The topological polar surface area (TPSA) is 69.1 Å². The Balaban J connectivity index is 2.11. The number of alkyl halides is 9. The summed E-state index contributed by atoms with van der Waals surface area (Å²) < 4.78 is 127. The quantitative estimate of drug-likeness (QED) is 0.380. The predicted octanol–water partition coefficient (Wildman–Crippen LogP) is 5.33. The molecule has 0 bridgehead atoms. The summed E-state index contributed by atoms with van der Waals surface area (Å²) in [4.78, 5) is 7.23. The third kappa shape index (κ3) is 3.14. The Bertz CT molecular complexity index is 1310. The van der Waals surface area contributed by atoms with Crippen LogP contribution in [0.1, 0.15) is 18.2 Å². The van der Waals surface area contributed by atoms with Gasteiger partial charge in [0.2, 0.25) is 12.1 Å². The van der Waals surface area contributed by atoms with Gasteiger partial charge in [0, 0.05) is 17.1 Å². The van der Waals surface area contributed by atoms with Crippen molar-refractivity contribution in [1.82, 2.24) is 24.6 Å². The van der Waals surface area contributed by atoms with Gasteiger partial charge in [0.05, 0.1) is 0 Å². The average Bonchev–Trinajstić information content (AvgIpc) is 3.34. The number of hydrogen-bond acceptors (Lipinski definition) is 5. The first-order chi connectivity index (χ1) is 14.6. The van der Waals surface area contributed by atoms with Gasteiger partial charge in [-0.2, -0.15) is 35.1 Å². The highest BCUT2D eigenvalue weighted by molar-refractivity contribution is 5.84. The van der Waals surface area contributed by atoms with Crippen LogP contribution in [-0.2, 0) is 11.6 Å². The minimum Gasteiger partial charge on any atom is -0.422 e. The van der Waals surface area contributed by atoms with E-state index in [1.807, 2.05) is 0 Å². The zero-order chi connectivity index (χ0) is 23.7. The standard InChI is InChI=1S/C17H8F9N5O/c1-14(18,16(21,22)23)8-4-10(15(19,20)17(24,25)26)29-12-7(8)2-3-11-28-9(5-31(11)12)13-30-27-6-32-13/h2-6H,1H3. The Morgan fingerprint density at radius 3 is 2.16 bits per heavy atom. The molecule has 0 aliphatic heterocycles. The van der Waals surface area contributed by atoms with Gasteiger partial charge in [-0.1, -0.05) is 0 Å². The lowest BCUT2D eigenvalue weighted by Crippen LogP contribution is -2.38. The second-order valence-electron chi connectivity index (χ2n) is 6.80. The predicted molar refractivity (Wildman–Crippen MR) is 88.2 cm³/mol. The molecule has 0 N–H and O–H groups in total. The van der Waals surface area contributed by atoms with Gasteiger partial charge in [0.25, 0.3) is 5.89 Å². The maximum atomic E-state index is 14.8. The molecule has 0 aliphatic carbocycles. The lowest BCUT2D eigenvalue weighted by atomic mass is 9.93. The van der Waals surface area contributed by atoms with E-state index in [1.54, 1.807) is 0 Å². The number of fused-ring (bicyclic) bond motifs is 3. The molecule has 1 unspecified atom stereocenters. The molecular formula is C17H8F9N5O. The maximum Gasteiger partial charge on any atom is 0.459 e. The van der Waals surface area contributed by atoms with E-state index in [2.05, 4.69) is 20.2 Å². The average molecular weight is 469 g/mol. The number of imidazole rings is 1. The van der Waals surface area contributed by atoms with Crippen LogP contribution in [0.4, 0.5) is 39.5 Å². The molecule has 0 aromatic carbocycles. The van der Waals surface area contributed by atoms with Gasteiger partial charge in [-0.3, -0.25) is 4.40 Å². The first kappa shape index (κ1) is 21.8. The van der Waals surface area contributed by atoms with E-state index in [9.17, 15) is 39.5 Å². The van der Waals surface area contributed by atoms with Crippen molar-refractivity contribution in [3.8, 4) is 11.6 Å². The minimum atomic E-state index is -6.20. The van der Waals surface area contributed by atoms with Crippen molar-refractivity contribution in [3.63, 3.8) is 0 Å². The molecule has 4 aromatic heterocycles. The summed E-state index contributed by atoms with van der Waals surface area (Å²) in [6.45, 7) is 0.0132. The summed E-state index contributed by atoms with van der Waals surface area (Å²) >= 11 is 0. The summed E-state index contributed by atoms with van der Waals surface area (Å²) in [6.07, 6.45) is -9.90. The van der Waals surface area contributed by atoms with Crippen molar-refractivity contribution in [2.75, 3.05) is 0 Å². The van der Waals surface area contributed by atoms with Crippen LogP contribution < -0.4 is 0 Å². The van der Waals surface area contributed by atoms with Gasteiger partial charge >= 0.3 is 18.3 Å². The van der Waals surface area contributed by atoms with Gasteiger partial charge in [-0.25, -0.2) is 14.4 Å². The number of aromatic nitrogens is 5. The zero-order valence-electron chi connectivity index (χ0n) is 15.4. The van der Waals surface area contributed by atoms with Crippen LogP contribution in [0, 0.1) is 0 Å². The van der Waals surface area contributed by atoms with Crippen LogP contribution in [0.15, 0.2) is 35.2 Å². The second kappa shape index (κ2) is 6.56. The lowest BCUT2D eigenvalue weighted by molar-refractivity contribution is -0.291. The van der Waals surface area contributed by atoms with Crippen LogP contribution in [0.25, 0.3) is 28.3 Å². The highest BCUT2D eigenvalue weighted by Gasteiger charge is 2.61. The SMILES string of the molecule is CC(F)(c1cc(C(F)(F)C(F)(F)F)nc2c1ccc1nc(-c3nnco3)cn12)C(F)(F)F. The van der Waals surface area contributed by atoms with Gasteiger partial charge in [-0.05, 0) is 25.1 Å². The number of nitrogens with zero attached hydrogens (tertiary/aromatic N) is 5. The van der Waals surface area contributed by atoms with Gasteiger partial charge in [0.15, 0.2) is 0 Å². The van der Waals surface area contributed by atoms with E-state index in [4.69, 9.17) is 4.42 Å². The molecule has 32 heavy (non-hydrogen) atoms. The summed E-state index contributed by atoms with van der Waals surface area (Å²) in [6, 6.07) is 1.75. The fraction of sp³-hybridized carbons (Fsp3) is 0.294. The van der Waals surface area contributed by atoms with Crippen molar-refractivity contribution in [3.05, 3.63) is 42.0 Å². The normalized spacial score (nSPS) is 15.4. The number of pyridine rings is 2. The third-order valence-electron chi connectivity index (χ3n) is 4.69. The van der Waals surface area contributed by atoms with Crippen LogP contribution in [0.5, 0.6) is 0 Å². The van der Waals surface area contributed by atoms with E-state index >= 15 is 0 Å². The van der Waals surface area contributed by atoms with Crippen LogP contribution in [0.2, 0.25) is 0 Å². The number of hydrogen-bond donors (Lipinski definition) is 0. The van der Waals surface area contributed by atoms with Crippen molar-refractivity contribution in [2.45, 2.75) is 30.9 Å². The molecule has 0 saturated heterocycles. The smallest absolute Gasteiger partial charge is 0.422 e. The van der Waals surface area contributed by atoms with Gasteiger partial charge in [0.1, 0.15) is 22.7 Å². The molecule has 0 aliphatic rings. The molecule has 0 saturated carbocycles. The molecule has 170 valence electrons. The molecule has 15 heteroatoms. The molecule has 0 amide bonds. The first-order valence-corrected chi connectivity index (χ1v) is 8.45. The Hall–Kier alpha value is -3.39. The van der Waals surface area contributed by atoms with E-state index in [1.165, 1.54) is 0 Å². The summed E-state index contributed by atoms with van der Waals surface area (Å²) in [5.74, 6) is -5.85. The Labute approximate surface area is 170 Å². The van der Waals surface area contributed by atoms with E-state index in [-0.39, 0.29) is 30.2 Å². The van der Waals surface area contributed by atoms with Crippen molar-refractivity contribution >= 4 is 16.7 Å². The zero-order valence-corrected chi connectivity index (χ0v) is 15.4. The monoisotopic (exact) mass is 469 g/mol. The fourth-order valence-electron chi connectivity index (χ4n) is 2.96. The maximum absolute atomic E-state index is 14.8. The molecule has 0 radical (unpaired) electrons. The molecule has 4 rings (SSSR count). The number of halogens is 9. The Morgan fingerprint density at radius 2 is 1.59 bits per heavy atom.